The number of benzene rings is 2. The van der Waals surface area contributed by atoms with Crippen LogP contribution in [0.25, 0.3) is 11.3 Å². The molecule has 0 atom stereocenters. The molecule has 0 saturated heterocycles. The van der Waals surface area contributed by atoms with Crippen molar-refractivity contribution in [3.8, 4) is 22.9 Å². The molecule has 4 aromatic rings. The molecule has 2 aromatic heterocycles. The van der Waals surface area contributed by atoms with Crippen LogP contribution < -0.4 is 10.1 Å². The zero-order valence-corrected chi connectivity index (χ0v) is 19.9. The highest BCUT2D eigenvalue weighted by molar-refractivity contribution is 6.04. The van der Waals surface area contributed by atoms with Crippen LogP contribution in [0, 0.1) is 6.92 Å². The summed E-state index contributed by atoms with van der Waals surface area (Å²) in [4.78, 5) is 26.2. The van der Waals surface area contributed by atoms with E-state index < -0.39 is 0 Å². The highest BCUT2D eigenvalue weighted by Crippen LogP contribution is 2.32. The minimum Gasteiger partial charge on any atom is -0.438 e. The van der Waals surface area contributed by atoms with Crippen molar-refractivity contribution in [3.05, 3.63) is 95.6 Å². The van der Waals surface area contributed by atoms with Crippen LogP contribution in [0.1, 0.15) is 54.0 Å². The van der Waals surface area contributed by atoms with E-state index in [1.807, 2.05) is 62.4 Å². The maximum atomic E-state index is 12.9. The van der Waals surface area contributed by atoms with Gasteiger partial charge in [-0.25, -0.2) is 15.0 Å². The zero-order valence-electron chi connectivity index (χ0n) is 19.9. The first-order valence-corrected chi connectivity index (χ1v) is 11.4. The Morgan fingerprint density at radius 1 is 1.00 bits per heavy atom. The highest BCUT2D eigenvalue weighted by Gasteiger charge is 2.14. The van der Waals surface area contributed by atoms with Gasteiger partial charge in [-0.05, 0) is 66.4 Å². The molecule has 0 fully saturated rings. The van der Waals surface area contributed by atoms with Gasteiger partial charge in [0.1, 0.15) is 11.6 Å². The van der Waals surface area contributed by atoms with Gasteiger partial charge in [-0.1, -0.05) is 39.0 Å². The lowest BCUT2D eigenvalue weighted by atomic mass is 10.0. The zero-order chi connectivity index (χ0) is 24.1. The van der Waals surface area contributed by atoms with Crippen LogP contribution in [0.15, 0.2) is 73.1 Å². The Morgan fingerprint density at radius 2 is 1.79 bits per heavy atom. The number of carbonyl (C=O) groups excluding carboxylic acids is 1. The van der Waals surface area contributed by atoms with Crippen LogP contribution in [0.3, 0.4) is 0 Å². The van der Waals surface area contributed by atoms with Gasteiger partial charge in [0.15, 0.2) is 0 Å². The first-order chi connectivity index (χ1) is 16.4. The molecule has 2 aromatic carbocycles. The number of nitrogens with zero attached hydrogens (tertiary/aromatic N) is 3. The van der Waals surface area contributed by atoms with E-state index in [1.165, 1.54) is 5.56 Å². The summed E-state index contributed by atoms with van der Waals surface area (Å²) >= 11 is 0. The smallest absolute Gasteiger partial charge is 0.255 e. The largest absolute Gasteiger partial charge is 0.438 e. The predicted molar refractivity (Wildman–Crippen MR) is 134 cm³/mol. The lowest BCUT2D eigenvalue weighted by molar-refractivity contribution is 0.102. The number of aromatic nitrogens is 3. The number of hydrogen-bond acceptors (Lipinski definition) is 5. The summed E-state index contributed by atoms with van der Waals surface area (Å²) in [5.74, 6) is 1.98. The molecule has 0 aliphatic rings. The average Bonchev–Trinajstić information content (AvgIpc) is 2.86. The van der Waals surface area contributed by atoms with Crippen LogP contribution >= 0.6 is 0 Å². The second-order valence-electron chi connectivity index (χ2n) is 8.38. The Kier molecular flexibility index (Phi) is 6.97. The maximum Gasteiger partial charge on any atom is 0.255 e. The van der Waals surface area contributed by atoms with Gasteiger partial charge >= 0.3 is 0 Å². The SMILES string of the molecule is CCc1nccc(-c2cccnc2Oc2cc(C(=O)Nc3ccc(C(C)C)cc3)ccc2C)n1. The minimum atomic E-state index is -0.202. The van der Waals surface area contributed by atoms with E-state index in [0.717, 1.165) is 34.8 Å². The van der Waals surface area contributed by atoms with Gasteiger partial charge in [-0.15, -0.1) is 0 Å². The van der Waals surface area contributed by atoms with Gasteiger partial charge in [-0.3, -0.25) is 4.79 Å². The second-order valence-corrected chi connectivity index (χ2v) is 8.38. The summed E-state index contributed by atoms with van der Waals surface area (Å²) in [6, 6.07) is 18.9. The first kappa shape index (κ1) is 23.1. The van der Waals surface area contributed by atoms with E-state index in [9.17, 15) is 4.79 Å². The van der Waals surface area contributed by atoms with Crippen molar-refractivity contribution in [2.24, 2.45) is 0 Å². The van der Waals surface area contributed by atoms with Gasteiger partial charge < -0.3 is 10.1 Å². The molecule has 34 heavy (non-hydrogen) atoms. The van der Waals surface area contributed by atoms with Crippen LogP contribution in [0.2, 0.25) is 0 Å². The van der Waals surface area contributed by atoms with Crippen molar-refractivity contribution in [2.45, 2.75) is 40.0 Å². The predicted octanol–water partition coefficient (Wildman–Crippen LogP) is 6.58. The molecular weight excluding hydrogens is 424 g/mol. The van der Waals surface area contributed by atoms with E-state index in [4.69, 9.17) is 4.74 Å². The van der Waals surface area contributed by atoms with E-state index in [-0.39, 0.29) is 5.91 Å². The molecule has 0 bridgehead atoms. The molecule has 1 amide bonds. The molecule has 1 N–H and O–H groups in total. The van der Waals surface area contributed by atoms with Gasteiger partial charge in [0, 0.05) is 30.1 Å². The minimum absolute atomic E-state index is 0.202. The Bertz CT molecular complexity index is 1300. The molecule has 0 radical (unpaired) electrons. The Morgan fingerprint density at radius 3 is 2.53 bits per heavy atom. The van der Waals surface area contributed by atoms with Crippen molar-refractivity contribution < 1.29 is 9.53 Å². The molecule has 6 heteroatoms. The number of anilines is 1. The average molecular weight is 453 g/mol. The topological polar surface area (TPSA) is 77.0 Å². The van der Waals surface area contributed by atoms with Crippen LogP contribution in [0.4, 0.5) is 5.69 Å². The molecular formula is C28H28N4O2. The normalized spacial score (nSPS) is 10.9. The number of hydrogen-bond donors (Lipinski definition) is 1. The highest BCUT2D eigenvalue weighted by atomic mass is 16.5. The van der Waals surface area contributed by atoms with Crippen LogP contribution in [-0.4, -0.2) is 20.9 Å². The van der Waals surface area contributed by atoms with Gasteiger partial charge in [0.05, 0.1) is 11.3 Å². The molecule has 6 nitrogen and oxygen atoms in total. The molecule has 0 saturated carbocycles. The fourth-order valence-electron chi connectivity index (χ4n) is 3.50. The number of nitrogens with one attached hydrogen (secondary N) is 1. The monoisotopic (exact) mass is 452 g/mol. The van der Waals surface area contributed by atoms with Gasteiger partial charge in [0.2, 0.25) is 5.88 Å². The fourth-order valence-corrected chi connectivity index (χ4v) is 3.50. The quantitative estimate of drug-likeness (QED) is 0.343. The Hall–Kier alpha value is -4.06. The molecule has 0 aliphatic heterocycles. The first-order valence-electron chi connectivity index (χ1n) is 11.4. The summed E-state index contributed by atoms with van der Waals surface area (Å²) in [6.45, 7) is 8.23. The molecule has 0 unspecified atom stereocenters. The lowest BCUT2D eigenvalue weighted by Gasteiger charge is -2.13. The molecule has 172 valence electrons. The van der Waals surface area contributed by atoms with Crippen molar-refractivity contribution in [2.75, 3.05) is 5.32 Å². The number of ether oxygens (including phenoxy) is 1. The number of rotatable bonds is 7. The van der Waals surface area contributed by atoms with Gasteiger partial charge in [-0.2, -0.15) is 0 Å². The van der Waals surface area contributed by atoms with Crippen molar-refractivity contribution >= 4 is 11.6 Å². The molecule has 0 aliphatic carbocycles. The third kappa shape index (κ3) is 5.29. The van der Waals surface area contributed by atoms with Crippen molar-refractivity contribution in [1.82, 2.24) is 15.0 Å². The van der Waals surface area contributed by atoms with Gasteiger partial charge in [0.25, 0.3) is 5.91 Å². The van der Waals surface area contributed by atoms with E-state index in [1.54, 1.807) is 24.5 Å². The molecule has 0 spiro atoms. The summed E-state index contributed by atoms with van der Waals surface area (Å²) in [5.41, 5.74) is 4.88. The number of carbonyl (C=O) groups is 1. The Balaban J connectivity index is 1.58. The standard InChI is InChI=1S/C28H28N4O2/c1-5-26-29-16-14-24(32-26)23-7-6-15-30-28(23)34-25-17-21(9-8-19(25)4)27(33)31-22-12-10-20(11-13-22)18(2)3/h6-18H,5H2,1-4H3,(H,31,33). The summed E-state index contributed by atoms with van der Waals surface area (Å²) < 4.78 is 6.20. The van der Waals surface area contributed by atoms with Crippen LogP contribution in [0.5, 0.6) is 11.6 Å². The number of amides is 1. The summed E-state index contributed by atoms with van der Waals surface area (Å²) in [5, 5.41) is 2.96. The number of pyridine rings is 1. The maximum absolute atomic E-state index is 12.9. The number of aryl methyl sites for hydroxylation is 2. The summed E-state index contributed by atoms with van der Waals surface area (Å²) in [6.07, 6.45) is 4.15. The van der Waals surface area contributed by atoms with E-state index >= 15 is 0 Å². The third-order valence-electron chi connectivity index (χ3n) is 5.56. The van der Waals surface area contributed by atoms with Crippen molar-refractivity contribution in [3.63, 3.8) is 0 Å². The fraction of sp³-hybridized carbons (Fsp3) is 0.214. The summed E-state index contributed by atoms with van der Waals surface area (Å²) in [7, 11) is 0. The lowest BCUT2D eigenvalue weighted by Crippen LogP contribution is -2.12. The Labute approximate surface area is 200 Å². The third-order valence-corrected chi connectivity index (χ3v) is 5.56. The molecule has 2 heterocycles. The van der Waals surface area contributed by atoms with Crippen molar-refractivity contribution in [1.29, 1.82) is 0 Å². The van der Waals surface area contributed by atoms with E-state index in [0.29, 0.717) is 23.1 Å². The van der Waals surface area contributed by atoms with Crippen LogP contribution in [-0.2, 0) is 6.42 Å². The second kappa shape index (κ2) is 10.3. The molecule has 4 rings (SSSR count). The van der Waals surface area contributed by atoms with E-state index in [2.05, 4.69) is 34.1 Å².